The third-order valence-electron chi connectivity index (χ3n) is 3.70. The summed E-state index contributed by atoms with van der Waals surface area (Å²) in [6, 6.07) is 6.85. The van der Waals surface area contributed by atoms with E-state index in [1.165, 1.54) is 11.3 Å². The maximum absolute atomic E-state index is 12.0. The molecule has 2 aromatic heterocycles. The van der Waals surface area contributed by atoms with Gasteiger partial charge in [0.15, 0.2) is 0 Å². The van der Waals surface area contributed by atoms with Crippen molar-refractivity contribution >= 4 is 41.0 Å². The first kappa shape index (κ1) is 15.3. The van der Waals surface area contributed by atoms with Crippen molar-refractivity contribution in [2.75, 3.05) is 10.6 Å². The van der Waals surface area contributed by atoms with Gasteiger partial charge in [0.2, 0.25) is 11.9 Å². The molecule has 0 fully saturated rings. The lowest BCUT2D eigenvalue weighted by molar-refractivity contribution is -0.120. The molecule has 7 nitrogen and oxygen atoms in total. The predicted octanol–water partition coefficient (Wildman–Crippen LogP) is 2.98. The van der Waals surface area contributed by atoms with E-state index in [1.807, 2.05) is 10.8 Å². The van der Waals surface area contributed by atoms with Gasteiger partial charge in [-0.25, -0.2) is 9.97 Å². The first-order valence-electron chi connectivity index (χ1n) is 7.42. The molecule has 0 spiro atoms. The van der Waals surface area contributed by atoms with Crippen molar-refractivity contribution in [3.05, 3.63) is 46.8 Å². The van der Waals surface area contributed by atoms with Gasteiger partial charge in [0.05, 0.1) is 17.8 Å². The number of amides is 1. The third-order valence-corrected chi connectivity index (χ3v) is 4.44. The number of nitrogens with one attached hydrogen (secondary N) is 2. The molecule has 0 unspecified atom stereocenters. The highest BCUT2D eigenvalue weighted by Gasteiger charge is 2.21. The highest BCUT2D eigenvalue weighted by Crippen LogP contribution is 2.35. The Labute approximate surface area is 146 Å². The van der Waals surface area contributed by atoms with Gasteiger partial charge in [-0.2, -0.15) is 0 Å². The smallest absolute Gasteiger partial charge is 0.298 e. The summed E-state index contributed by atoms with van der Waals surface area (Å²) in [7, 11) is 0. The Morgan fingerprint density at radius 1 is 1.24 bits per heavy atom. The first-order valence-corrected chi connectivity index (χ1v) is 8.37. The van der Waals surface area contributed by atoms with E-state index in [-0.39, 0.29) is 12.3 Å². The minimum absolute atomic E-state index is 0.0755. The fourth-order valence-electron chi connectivity index (χ4n) is 2.58. The largest absolute Gasteiger partial charge is 0.429 e. The van der Waals surface area contributed by atoms with E-state index in [0.29, 0.717) is 18.2 Å². The molecule has 4 rings (SSSR count). The Balaban J connectivity index is 1.65. The second-order valence-electron chi connectivity index (χ2n) is 5.35. The second-order valence-corrected chi connectivity index (χ2v) is 6.10. The van der Waals surface area contributed by atoms with Crippen molar-refractivity contribution < 1.29 is 14.3 Å². The molecule has 1 aromatic carbocycles. The van der Waals surface area contributed by atoms with Crippen LogP contribution in [0.5, 0.6) is 5.75 Å². The van der Waals surface area contributed by atoms with Crippen molar-refractivity contribution in [2.24, 2.45) is 0 Å². The number of anilines is 3. The highest BCUT2D eigenvalue weighted by molar-refractivity contribution is 7.08. The number of rotatable bonds is 4. The van der Waals surface area contributed by atoms with Gasteiger partial charge in [-0.15, -0.1) is 11.3 Å². The molecule has 124 valence electrons. The predicted molar refractivity (Wildman–Crippen MR) is 94.1 cm³/mol. The van der Waals surface area contributed by atoms with E-state index in [4.69, 9.17) is 4.74 Å². The minimum atomic E-state index is -0.0755. The first-order chi connectivity index (χ1) is 12.2. The number of thiophene rings is 1. The summed E-state index contributed by atoms with van der Waals surface area (Å²) < 4.78 is 4.76. The summed E-state index contributed by atoms with van der Waals surface area (Å²) in [5.41, 5.74) is 3.95. The molecule has 1 aliphatic rings. The number of carbonyl (C=O) groups excluding carboxylic acids is 2. The molecule has 0 saturated carbocycles. The molecule has 0 saturated heterocycles. The number of hydrogen-bond acceptors (Lipinski definition) is 7. The van der Waals surface area contributed by atoms with Gasteiger partial charge < -0.3 is 15.4 Å². The zero-order chi connectivity index (χ0) is 17.2. The van der Waals surface area contributed by atoms with Crippen LogP contribution in [0.3, 0.4) is 0 Å². The quantitative estimate of drug-likeness (QED) is 0.701. The summed E-state index contributed by atoms with van der Waals surface area (Å²) in [6.45, 7) is 0.381. The van der Waals surface area contributed by atoms with Gasteiger partial charge in [0.25, 0.3) is 6.47 Å². The van der Waals surface area contributed by atoms with Crippen LogP contribution in [0.2, 0.25) is 0 Å². The Kier molecular flexibility index (Phi) is 3.87. The van der Waals surface area contributed by atoms with Crippen LogP contribution in [0, 0.1) is 0 Å². The van der Waals surface area contributed by atoms with Crippen molar-refractivity contribution in [3.8, 4) is 17.0 Å². The van der Waals surface area contributed by atoms with Gasteiger partial charge >= 0.3 is 0 Å². The molecule has 1 aliphatic heterocycles. The standard InChI is InChI=1S/C17H12N4O3S/c22-9-24-12-3-1-11(2-4-12)19-17-18-6-10-5-15(23)20-14-8-25-7-13(14)16(10)21-17/h1-4,6-9H,5H2,(H,20,23)(H,18,19,21). The van der Waals surface area contributed by atoms with Gasteiger partial charge in [-0.3, -0.25) is 9.59 Å². The number of aromatic nitrogens is 2. The third kappa shape index (κ3) is 3.07. The molecule has 25 heavy (non-hydrogen) atoms. The van der Waals surface area contributed by atoms with Crippen molar-refractivity contribution in [2.45, 2.75) is 6.42 Å². The summed E-state index contributed by atoms with van der Waals surface area (Å²) in [5, 5.41) is 9.84. The molecule has 1 amide bonds. The lowest BCUT2D eigenvalue weighted by Crippen LogP contribution is -2.12. The van der Waals surface area contributed by atoms with Crippen molar-refractivity contribution in [3.63, 3.8) is 0 Å². The van der Waals surface area contributed by atoms with Gasteiger partial charge in [-0.05, 0) is 24.3 Å². The number of fused-ring (bicyclic) bond motifs is 3. The van der Waals surface area contributed by atoms with Gasteiger partial charge in [-0.1, -0.05) is 0 Å². The summed E-state index contributed by atoms with van der Waals surface area (Å²) in [6.07, 6.45) is 1.91. The fraction of sp³-hybridized carbons (Fsp3) is 0.0588. The molecular formula is C17H12N4O3S. The Bertz CT molecular complexity index is 953. The normalized spacial score (nSPS) is 12.4. The van der Waals surface area contributed by atoms with E-state index < -0.39 is 0 Å². The lowest BCUT2D eigenvalue weighted by atomic mass is 10.1. The van der Waals surface area contributed by atoms with E-state index in [1.54, 1.807) is 30.5 Å². The number of carbonyl (C=O) groups is 2. The van der Waals surface area contributed by atoms with Crippen LogP contribution in [0.4, 0.5) is 17.3 Å². The molecule has 0 aliphatic carbocycles. The second kappa shape index (κ2) is 6.33. The van der Waals surface area contributed by atoms with Gasteiger partial charge in [0, 0.05) is 33.8 Å². The Hall–Kier alpha value is -3.26. The Morgan fingerprint density at radius 3 is 2.88 bits per heavy atom. The van der Waals surface area contributed by atoms with Crippen LogP contribution >= 0.6 is 11.3 Å². The van der Waals surface area contributed by atoms with Crippen LogP contribution in [0.15, 0.2) is 41.2 Å². The zero-order valence-electron chi connectivity index (χ0n) is 12.9. The van der Waals surface area contributed by atoms with E-state index >= 15 is 0 Å². The average molecular weight is 352 g/mol. The maximum Gasteiger partial charge on any atom is 0.298 e. The van der Waals surface area contributed by atoms with E-state index in [2.05, 4.69) is 20.6 Å². The highest BCUT2D eigenvalue weighted by atomic mass is 32.1. The van der Waals surface area contributed by atoms with Gasteiger partial charge in [0.1, 0.15) is 5.75 Å². The summed E-state index contributed by atoms with van der Waals surface area (Å²) in [5.74, 6) is 0.804. The molecule has 2 N–H and O–H groups in total. The Morgan fingerprint density at radius 2 is 2.08 bits per heavy atom. The van der Waals surface area contributed by atoms with Crippen molar-refractivity contribution in [1.29, 1.82) is 0 Å². The molecule has 3 aromatic rings. The van der Waals surface area contributed by atoms with Crippen LogP contribution in [-0.2, 0) is 16.0 Å². The van der Waals surface area contributed by atoms with E-state index in [9.17, 15) is 9.59 Å². The number of hydrogen-bond donors (Lipinski definition) is 2. The fourth-order valence-corrected chi connectivity index (χ4v) is 3.34. The van der Waals surface area contributed by atoms with Crippen LogP contribution in [0.25, 0.3) is 11.3 Å². The number of ether oxygens (including phenoxy) is 1. The lowest BCUT2D eigenvalue weighted by Gasteiger charge is -2.09. The molecular weight excluding hydrogens is 340 g/mol. The van der Waals surface area contributed by atoms with Crippen molar-refractivity contribution in [1.82, 2.24) is 9.97 Å². The van der Waals surface area contributed by atoms with Crippen LogP contribution in [0.1, 0.15) is 5.56 Å². The number of benzene rings is 1. The molecule has 0 atom stereocenters. The zero-order valence-corrected chi connectivity index (χ0v) is 13.7. The summed E-state index contributed by atoms with van der Waals surface area (Å²) >= 11 is 1.51. The molecule has 0 bridgehead atoms. The molecule has 0 radical (unpaired) electrons. The topological polar surface area (TPSA) is 93.2 Å². The number of nitrogens with zero attached hydrogens (tertiary/aromatic N) is 2. The van der Waals surface area contributed by atoms with Crippen LogP contribution in [-0.4, -0.2) is 22.3 Å². The maximum atomic E-state index is 12.0. The van der Waals surface area contributed by atoms with E-state index in [0.717, 1.165) is 28.2 Å². The minimum Gasteiger partial charge on any atom is -0.429 e. The molecule has 8 heteroatoms. The average Bonchev–Trinajstić information content (AvgIpc) is 3.01. The monoisotopic (exact) mass is 352 g/mol. The summed E-state index contributed by atoms with van der Waals surface area (Å²) in [4.78, 5) is 31.2. The SMILES string of the molecule is O=COc1ccc(Nc2ncc3c(n2)-c2cscc2NC(=O)C3)cc1. The molecule has 3 heterocycles. The van der Waals surface area contributed by atoms with Crippen LogP contribution < -0.4 is 15.4 Å².